The lowest BCUT2D eigenvalue weighted by molar-refractivity contribution is 0.385. The van der Waals surface area contributed by atoms with E-state index in [4.69, 9.17) is 11.0 Å². The van der Waals surface area contributed by atoms with Crippen LogP contribution in [0.5, 0.6) is 0 Å². The Kier molecular flexibility index (Phi) is 4.14. The highest BCUT2D eigenvalue weighted by atomic mass is 15.1. The van der Waals surface area contributed by atoms with Crippen molar-refractivity contribution in [3.05, 3.63) is 29.3 Å². The van der Waals surface area contributed by atoms with Crippen molar-refractivity contribution in [3.63, 3.8) is 0 Å². The van der Waals surface area contributed by atoms with Crippen LogP contribution in [-0.4, -0.2) is 20.1 Å². The van der Waals surface area contributed by atoms with E-state index in [2.05, 4.69) is 24.8 Å². The van der Waals surface area contributed by atoms with Crippen LogP contribution < -0.4 is 10.6 Å². The first-order valence-electron chi connectivity index (χ1n) is 5.81. The summed E-state index contributed by atoms with van der Waals surface area (Å²) < 4.78 is 0. The molecule has 0 aromatic heterocycles. The Hall–Kier alpha value is -1.53. The molecule has 1 aromatic carbocycles. The van der Waals surface area contributed by atoms with Crippen LogP contribution in [0.2, 0.25) is 0 Å². The minimum Gasteiger partial charge on any atom is -0.373 e. The first kappa shape index (κ1) is 13.5. The molecular weight excluding hydrogens is 210 g/mol. The smallest absolute Gasteiger partial charge is 0.101 e. The molecule has 0 aliphatic carbocycles. The van der Waals surface area contributed by atoms with Crippen LogP contribution in [0.3, 0.4) is 0 Å². The van der Waals surface area contributed by atoms with E-state index in [9.17, 15) is 0 Å². The van der Waals surface area contributed by atoms with Gasteiger partial charge in [-0.05, 0) is 36.6 Å². The number of rotatable bonds is 4. The van der Waals surface area contributed by atoms with Crippen molar-refractivity contribution >= 4 is 5.69 Å². The Balaban J connectivity index is 2.97. The first-order chi connectivity index (χ1) is 7.89. The molecule has 0 radical (unpaired) electrons. The van der Waals surface area contributed by atoms with Crippen molar-refractivity contribution in [2.24, 2.45) is 11.1 Å². The third-order valence-corrected chi connectivity index (χ3v) is 2.90. The highest BCUT2D eigenvalue weighted by Crippen LogP contribution is 2.24. The Labute approximate surface area is 104 Å². The summed E-state index contributed by atoms with van der Waals surface area (Å²) in [6.07, 6.45) is 0. The number of anilines is 1. The van der Waals surface area contributed by atoms with Crippen LogP contribution in [0, 0.1) is 23.7 Å². The Morgan fingerprint density at radius 2 is 2.06 bits per heavy atom. The maximum Gasteiger partial charge on any atom is 0.101 e. The Morgan fingerprint density at radius 1 is 1.41 bits per heavy atom. The fourth-order valence-corrected chi connectivity index (χ4v) is 1.86. The molecule has 0 bridgehead atoms. The molecule has 92 valence electrons. The van der Waals surface area contributed by atoms with E-state index in [1.54, 1.807) is 0 Å². The van der Waals surface area contributed by atoms with E-state index in [-0.39, 0.29) is 5.41 Å². The quantitative estimate of drug-likeness (QED) is 0.865. The number of benzene rings is 1. The zero-order valence-corrected chi connectivity index (χ0v) is 11.1. The third-order valence-electron chi connectivity index (χ3n) is 2.90. The fraction of sp³-hybridized carbons (Fsp3) is 0.500. The van der Waals surface area contributed by atoms with Gasteiger partial charge in [0.05, 0.1) is 11.3 Å². The topological polar surface area (TPSA) is 53.0 Å². The summed E-state index contributed by atoms with van der Waals surface area (Å²) in [5.74, 6) is 0. The van der Waals surface area contributed by atoms with Gasteiger partial charge in [-0.25, -0.2) is 0 Å². The molecule has 0 saturated heterocycles. The minimum atomic E-state index is 0.0480. The molecule has 3 nitrogen and oxygen atoms in total. The summed E-state index contributed by atoms with van der Waals surface area (Å²) in [4.78, 5) is 2.10. The molecule has 0 amide bonds. The lowest BCUT2D eigenvalue weighted by Crippen LogP contribution is -2.37. The molecule has 1 rings (SSSR count). The normalized spacial score (nSPS) is 11.1. The van der Waals surface area contributed by atoms with Crippen molar-refractivity contribution in [2.45, 2.75) is 20.8 Å². The van der Waals surface area contributed by atoms with Gasteiger partial charge in [-0.15, -0.1) is 0 Å². The van der Waals surface area contributed by atoms with E-state index < -0.39 is 0 Å². The van der Waals surface area contributed by atoms with Gasteiger partial charge in [-0.1, -0.05) is 19.9 Å². The SMILES string of the molecule is Cc1ccc(N(C)CC(C)(C)CN)c(C#N)c1. The van der Waals surface area contributed by atoms with Gasteiger partial charge < -0.3 is 10.6 Å². The van der Waals surface area contributed by atoms with E-state index >= 15 is 0 Å². The summed E-state index contributed by atoms with van der Waals surface area (Å²) in [5, 5.41) is 9.15. The van der Waals surface area contributed by atoms with E-state index in [1.165, 1.54) is 0 Å². The van der Waals surface area contributed by atoms with Gasteiger partial charge in [0.2, 0.25) is 0 Å². The van der Waals surface area contributed by atoms with E-state index in [1.807, 2.05) is 32.2 Å². The van der Waals surface area contributed by atoms with E-state index in [0.29, 0.717) is 6.54 Å². The molecule has 17 heavy (non-hydrogen) atoms. The average molecular weight is 231 g/mol. The first-order valence-corrected chi connectivity index (χ1v) is 5.81. The van der Waals surface area contributed by atoms with Crippen LogP contribution in [0.4, 0.5) is 5.69 Å². The van der Waals surface area contributed by atoms with Gasteiger partial charge in [0.25, 0.3) is 0 Å². The molecule has 0 aliphatic heterocycles. The Bertz CT molecular complexity index is 430. The lowest BCUT2D eigenvalue weighted by Gasteiger charge is -2.31. The fourth-order valence-electron chi connectivity index (χ4n) is 1.86. The standard InChI is InChI=1S/C14H21N3/c1-11-5-6-13(12(7-11)8-15)17(4)10-14(2,3)9-16/h5-7H,9-10,16H2,1-4H3. The van der Waals surface area contributed by atoms with Crippen LogP contribution in [-0.2, 0) is 0 Å². The zero-order valence-electron chi connectivity index (χ0n) is 11.1. The molecule has 2 N–H and O–H groups in total. The molecule has 0 fully saturated rings. The Morgan fingerprint density at radius 3 is 2.59 bits per heavy atom. The highest BCUT2D eigenvalue weighted by molar-refractivity contribution is 5.60. The monoisotopic (exact) mass is 231 g/mol. The maximum absolute atomic E-state index is 9.15. The predicted molar refractivity (Wildman–Crippen MR) is 72.0 cm³/mol. The van der Waals surface area contributed by atoms with Gasteiger partial charge >= 0.3 is 0 Å². The summed E-state index contributed by atoms with van der Waals surface area (Å²) in [5.41, 5.74) is 8.59. The molecule has 0 unspecified atom stereocenters. The molecule has 0 aliphatic rings. The number of nitriles is 1. The molecule has 0 atom stereocenters. The molecule has 0 spiro atoms. The van der Waals surface area contributed by atoms with Crippen molar-refractivity contribution in [2.75, 3.05) is 25.0 Å². The molecule has 1 aromatic rings. The number of aryl methyl sites for hydroxylation is 1. The summed E-state index contributed by atoms with van der Waals surface area (Å²) in [7, 11) is 2.00. The second-order valence-corrected chi connectivity index (χ2v) is 5.36. The summed E-state index contributed by atoms with van der Waals surface area (Å²) >= 11 is 0. The van der Waals surface area contributed by atoms with Gasteiger partial charge in [0.1, 0.15) is 6.07 Å². The summed E-state index contributed by atoms with van der Waals surface area (Å²) in [6, 6.07) is 8.20. The van der Waals surface area contributed by atoms with Crippen LogP contribution >= 0.6 is 0 Å². The average Bonchev–Trinajstić information content (AvgIpc) is 2.28. The third kappa shape index (κ3) is 3.47. The van der Waals surface area contributed by atoms with Crippen molar-refractivity contribution in [1.82, 2.24) is 0 Å². The van der Waals surface area contributed by atoms with Crippen molar-refractivity contribution in [1.29, 1.82) is 5.26 Å². The highest BCUT2D eigenvalue weighted by Gasteiger charge is 2.19. The maximum atomic E-state index is 9.15. The van der Waals surface area contributed by atoms with Crippen molar-refractivity contribution < 1.29 is 0 Å². The molecule has 3 heteroatoms. The van der Waals surface area contributed by atoms with Crippen LogP contribution in [0.25, 0.3) is 0 Å². The lowest BCUT2D eigenvalue weighted by atomic mass is 9.93. The number of hydrogen-bond donors (Lipinski definition) is 1. The second-order valence-electron chi connectivity index (χ2n) is 5.36. The van der Waals surface area contributed by atoms with Crippen LogP contribution in [0.15, 0.2) is 18.2 Å². The summed E-state index contributed by atoms with van der Waals surface area (Å²) in [6.45, 7) is 7.72. The van der Waals surface area contributed by atoms with Gasteiger partial charge in [0, 0.05) is 13.6 Å². The zero-order chi connectivity index (χ0) is 13.1. The van der Waals surface area contributed by atoms with Crippen molar-refractivity contribution in [3.8, 4) is 6.07 Å². The molecule has 0 saturated carbocycles. The number of nitrogens with two attached hydrogens (primary N) is 1. The predicted octanol–water partition coefficient (Wildman–Crippen LogP) is 2.29. The molecule has 0 heterocycles. The van der Waals surface area contributed by atoms with Crippen LogP contribution in [0.1, 0.15) is 25.0 Å². The van der Waals surface area contributed by atoms with Gasteiger partial charge in [0.15, 0.2) is 0 Å². The number of nitrogens with zero attached hydrogens (tertiary/aromatic N) is 2. The largest absolute Gasteiger partial charge is 0.373 e. The second kappa shape index (κ2) is 5.20. The van der Waals surface area contributed by atoms with Gasteiger partial charge in [-0.2, -0.15) is 5.26 Å². The minimum absolute atomic E-state index is 0.0480. The van der Waals surface area contributed by atoms with E-state index in [0.717, 1.165) is 23.4 Å². The molecular formula is C14H21N3. The van der Waals surface area contributed by atoms with Gasteiger partial charge in [-0.3, -0.25) is 0 Å². The number of hydrogen-bond acceptors (Lipinski definition) is 3.